The van der Waals surface area contributed by atoms with E-state index < -0.39 is 0 Å². The molecule has 0 aliphatic rings. The summed E-state index contributed by atoms with van der Waals surface area (Å²) >= 11 is 0. The lowest BCUT2D eigenvalue weighted by Crippen LogP contribution is -1.93. The van der Waals surface area contributed by atoms with Gasteiger partial charge in [0.05, 0.1) is 0 Å². The average molecular weight is 621 g/mol. The molecule has 0 spiro atoms. The van der Waals surface area contributed by atoms with Crippen LogP contribution in [0.2, 0.25) is 0 Å². The van der Waals surface area contributed by atoms with Crippen molar-refractivity contribution in [2.75, 3.05) is 0 Å². The van der Waals surface area contributed by atoms with Crippen molar-refractivity contribution in [1.29, 1.82) is 0 Å². The van der Waals surface area contributed by atoms with Crippen molar-refractivity contribution in [3.8, 4) is 33.4 Å². The molecule has 1 aromatic heterocycles. The van der Waals surface area contributed by atoms with Crippen molar-refractivity contribution in [3.63, 3.8) is 0 Å². The average Bonchev–Trinajstić information content (AvgIpc) is 3.55. The second-order valence-corrected chi connectivity index (χ2v) is 13.2. The van der Waals surface area contributed by atoms with Gasteiger partial charge >= 0.3 is 0 Å². The zero-order chi connectivity index (χ0) is 32.1. The van der Waals surface area contributed by atoms with Gasteiger partial charge in [0, 0.05) is 10.8 Å². The molecule has 1 heterocycles. The first-order valence-corrected chi connectivity index (χ1v) is 16.9. The third-order valence-electron chi connectivity index (χ3n) is 10.6. The molecule has 0 radical (unpaired) electrons. The molecule has 0 aliphatic heterocycles. The molecule has 0 N–H and O–H groups in total. The Kier molecular flexibility index (Phi) is 5.45. The summed E-state index contributed by atoms with van der Waals surface area (Å²) in [7, 11) is 0. The van der Waals surface area contributed by atoms with Gasteiger partial charge in [0.25, 0.3) is 0 Å². The summed E-state index contributed by atoms with van der Waals surface area (Å²) < 4.78 is 6.31. The maximum atomic E-state index is 6.31. The van der Waals surface area contributed by atoms with Crippen LogP contribution in [0.5, 0.6) is 0 Å². The van der Waals surface area contributed by atoms with Gasteiger partial charge in [-0.3, -0.25) is 0 Å². The predicted octanol–water partition coefficient (Wildman–Crippen LogP) is 13.8. The van der Waals surface area contributed by atoms with Gasteiger partial charge < -0.3 is 4.42 Å². The quantitative estimate of drug-likeness (QED) is 0.141. The number of furan rings is 1. The van der Waals surface area contributed by atoms with Gasteiger partial charge in [0.15, 0.2) is 0 Å². The number of fused-ring (bicyclic) bond motifs is 4. The Hall–Kier alpha value is -6.44. The van der Waals surface area contributed by atoms with Crippen LogP contribution >= 0.6 is 0 Å². The van der Waals surface area contributed by atoms with E-state index in [1.165, 1.54) is 98.0 Å². The van der Waals surface area contributed by atoms with Crippen LogP contribution in [0.4, 0.5) is 0 Å². The maximum absolute atomic E-state index is 6.31. The molecular weight excluding hydrogens is 593 g/mol. The minimum Gasteiger partial charge on any atom is -0.456 e. The van der Waals surface area contributed by atoms with E-state index in [1.807, 2.05) is 0 Å². The lowest BCUT2D eigenvalue weighted by atomic mass is 9.83. The van der Waals surface area contributed by atoms with E-state index >= 15 is 0 Å². The standard InChI is InChI=1S/C48H28O/c1-2-11-31-28-32(21-20-29(31)10-1)45-37-15-5-7-17-39(37)47(40-18-8-6-16-38(40)45)41-25-24-35(33-13-3-4-14-34(33)41)36-26-27-44-48-42(36)23-22-30-12-9-19-43(49-44)46(30)48/h1-28H. The van der Waals surface area contributed by atoms with Crippen molar-refractivity contribution in [2.45, 2.75) is 0 Å². The third kappa shape index (κ3) is 3.76. The van der Waals surface area contributed by atoms with Crippen LogP contribution in [0, 0.1) is 0 Å². The molecular formula is C48H28O. The van der Waals surface area contributed by atoms with E-state index in [-0.39, 0.29) is 0 Å². The van der Waals surface area contributed by atoms with Gasteiger partial charge in [0.1, 0.15) is 11.2 Å². The minimum atomic E-state index is 0.941. The van der Waals surface area contributed by atoms with Crippen molar-refractivity contribution >= 4 is 75.8 Å². The molecule has 49 heavy (non-hydrogen) atoms. The van der Waals surface area contributed by atoms with E-state index in [4.69, 9.17) is 4.42 Å². The van der Waals surface area contributed by atoms with Crippen LogP contribution in [0.15, 0.2) is 174 Å². The molecule has 0 fully saturated rings. The summed E-state index contributed by atoms with van der Waals surface area (Å²) in [5, 5.41) is 14.9. The molecule has 1 nitrogen and oxygen atoms in total. The van der Waals surface area contributed by atoms with E-state index in [1.54, 1.807) is 0 Å². The van der Waals surface area contributed by atoms with Crippen molar-refractivity contribution in [3.05, 3.63) is 170 Å². The number of benzene rings is 10. The zero-order valence-corrected chi connectivity index (χ0v) is 26.6. The molecule has 10 aromatic carbocycles. The maximum Gasteiger partial charge on any atom is 0.136 e. The lowest BCUT2D eigenvalue weighted by Gasteiger charge is -2.20. The lowest BCUT2D eigenvalue weighted by molar-refractivity contribution is 0.669. The fourth-order valence-electron chi connectivity index (χ4n) is 8.51. The monoisotopic (exact) mass is 620 g/mol. The van der Waals surface area contributed by atoms with Gasteiger partial charge in [-0.15, -0.1) is 0 Å². The molecule has 1 heteroatoms. The van der Waals surface area contributed by atoms with Crippen LogP contribution in [0.3, 0.4) is 0 Å². The molecule has 0 bridgehead atoms. The highest BCUT2D eigenvalue weighted by atomic mass is 16.3. The highest BCUT2D eigenvalue weighted by Gasteiger charge is 2.21. The van der Waals surface area contributed by atoms with Crippen LogP contribution in [0.25, 0.3) is 109 Å². The van der Waals surface area contributed by atoms with Gasteiger partial charge in [-0.25, -0.2) is 0 Å². The zero-order valence-electron chi connectivity index (χ0n) is 26.6. The summed E-state index contributed by atoms with van der Waals surface area (Å²) in [5.74, 6) is 0. The topological polar surface area (TPSA) is 13.1 Å². The Balaban J connectivity index is 1.20. The minimum absolute atomic E-state index is 0.941. The van der Waals surface area contributed by atoms with Crippen molar-refractivity contribution in [1.82, 2.24) is 0 Å². The molecule has 0 atom stereocenters. The number of rotatable bonds is 3. The third-order valence-corrected chi connectivity index (χ3v) is 10.6. The molecule has 0 unspecified atom stereocenters. The largest absolute Gasteiger partial charge is 0.456 e. The highest BCUT2D eigenvalue weighted by molar-refractivity contribution is 6.27. The van der Waals surface area contributed by atoms with E-state index in [0.29, 0.717) is 0 Å². The van der Waals surface area contributed by atoms with Gasteiger partial charge in [0.2, 0.25) is 0 Å². The first-order valence-electron chi connectivity index (χ1n) is 16.9. The van der Waals surface area contributed by atoms with Crippen molar-refractivity contribution in [2.24, 2.45) is 0 Å². The van der Waals surface area contributed by atoms with E-state index in [0.717, 1.165) is 11.2 Å². The van der Waals surface area contributed by atoms with E-state index in [2.05, 4.69) is 170 Å². The molecule has 0 saturated heterocycles. The van der Waals surface area contributed by atoms with Gasteiger partial charge in [-0.05, 0) is 105 Å². The van der Waals surface area contributed by atoms with Crippen LogP contribution in [-0.2, 0) is 0 Å². The summed E-state index contributed by atoms with van der Waals surface area (Å²) in [5.41, 5.74) is 9.40. The highest BCUT2D eigenvalue weighted by Crippen LogP contribution is 2.48. The first-order chi connectivity index (χ1) is 24.3. The Morgan fingerprint density at radius 2 is 0.816 bits per heavy atom. The second-order valence-electron chi connectivity index (χ2n) is 13.2. The normalized spacial score (nSPS) is 12.1. The Bertz CT molecular complexity index is 3050. The second kappa shape index (κ2) is 10.0. The number of hydrogen-bond donors (Lipinski definition) is 0. The fourth-order valence-corrected chi connectivity index (χ4v) is 8.51. The molecule has 0 saturated carbocycles. The summed E-state index contributed by atoms with van der Waals surface area (Å²) in [6.07, 6.45) is 0. The SMILES string of the molecule is c1ccc2cc(-c3c4ccccc4c(-c4ccc(-c5ccc6oc7cccc8ccc5c6c87)c5ccccc45)c4ccccc34)ccc2c1. The first kappa shape index (κ1) is 26.6. The Morgan fingerprint density at radius 1 is 0.286 bits per heavy atom. The molecule has 0 aliphatic carbocycles. The summed E-state index contributed by atoms with van der Waals surface area (Å²) in [4.78, 5) is 0. The number of hydrogen-bond acceptors (Lipinski definition) is 1. The summed E-state index contributed by atoms with van der Waals surface area (Å²) in [6.45, 7) is 0. The predicted molar refractivity (Wildman–Crippen MR) is 209 cm³/mol. The smallest absolute Gasteiger partial charge is 0.136 e. The summed E-state index contributed by atoms with van der Waals surface area (Å²) in [6, 6.07) is 62.2. The fraction of sp³-hybridized carbons (Fsp3) is 0. The van der Waals surface area contributed by atoms with Crippen LogP contribution < -0.4 is 0 Å². The van der Waals surface area contributed by atoms with Gasteiger partial charge in [-0.1, -0.05) is 152 Å². The van der Waals surface area contributed by atoms with Crippen LogP contribution in [-0.4, -0.2) is 0 Å². The molecule has 226 valence electrons. The Labute approximate surface area is 282 Å². The van der Waals surface area contributed by atoms with Crippen molar-refractivity contribution < 1.29 is 4.42 Å². The van der Waals surface area contributed by atoms with Crippen LogP contribution in [0.1, 0.15) is 0 Å². The van der Waals surface area contributed by atoms with Gasteiger partial charge in [-0.2, -0.15) is 0 Å². The van der Waals surface area contributed by atoms with E-state index in [9.17, 15) is 0 Å². The molecule has 11 aromatic rings. The Morgan fingerprint density at radius 3 is 1.57 bits per heavy atom. The molecule has 11 rings (SSSR count). The molecule has 0 amide bonds.